The van der Waals surface area contributed by atoms with Gasteiger partial charge in [0.05, 0.1) is 0 Å². The van der Waals surface area contributed by atoms with E-state index in [-0.39, 0.29) is 23.7 Å². The van der Waals surface area contributed by atoms with Gasteiger partial charge in [-0.1, -0.05) is 54.1 Å². The fourth-order valence-electron chi connectivity index (χ4n) is 4.70. The first-order chi connectivity index (χ1) is 14.1. The number of carbonyl (C=O) groups is 2. The third-order valence-corrected chi connectivity index (χ3v) is 6.44. The third kappa shape index (κ3) is 4.69. The normalized spacial score (nSPS) is 21.3. The molecule has 0 aromatic heterocycles. The minimum Gasteiger partial charge on any atom is -0.352 e. The number of benzene rings is 2. The molecule has 1 heterocycles. The lowest BCUT2D eigenvalue weighted by atomic mass is 9.80. The number of aryl methyl sites for hydroxylation is 1. The highest BCUT2D eigenvalue weighted by Crippen LogP contribution is 2.31. The Hall–Kier alpha value is -2.62. The van der Waals surface area contributed by atoms with Gasteiger partial charge in [0.1, 0.15) is 0 Å². The first-order valence-corrected chi connectivity index (χ1v) is 10.8. The molecule has 2 aromatic rings. The molecule has 1 fully saturated rings. The second-order valence-electron chi connectivity index (χ2n) is 8.53. The summed E-state index contributed by atoms with van der Waals surface area (Å²) in [7, 11) is 0. The zero-order valence-electron chi connectivity index (χ0n) is 17.2. The number of carbonyl (C=O) groups excluding carboxylic acids is 2. The van der Waals surface area contributed by atoms with Gasteiger partial charge < -0.3 is 10.2 Å². The molecule has 1 saturated carbocycles. The lowest BCUT2D eigenvalue weighted by molar-refractivity contribution is -0.139. The van der Waals surface area contributed by atoms with E-state index in [2.05, 4.69) is 42.6 Å². The molecule has 2 amide bonds. The van der Waals surface area contributed by atoms with E-state index >= 15 is 0 Å². The van der Waals surface area contributed by atoms with Gasteiger partial charge in [-0.15, -0.1) is 0 Å². The van der Waals surface area contributed by atoms with Crippen molar-refractivity contribution in [2.75, 3.05) is 6.54 Å². The first-order valence-electron chi connectivity index (χ1n) is 10.8. The molecule has 2 aromatic carbocycles. The average molecular weight is 391 g/mol. The van der Waals surface area contributed by atoms with Crippen molar-refractivity contribution < 1.29 is 9.59 Å². The molecule has 29 heavy (non-hydrogen) atoms. The number of hydrogen-bond acceptors (Lipinski definition) is 2. The Morgan fingerprint density at radius 3 is 2.45 bits per heavy atom. The summed E-state index contributed by atoms with van der Waals surface area (Å²) >= 11 is 0. The molecule has 0 saturated heterocycles. The molecule has 2 aliphatic rings. The summed E-state index contributed by atoms with van der Waals surface area (Å²) in [5.41, 5.74) is 4.98. The summed E-state index contributed by atoms with van der Waals surface area (Å²) in [6, 6.07) is 16.6. The molecule has 0 atom stereocenters. The largest absolute Gasteiger partial charge is 0.352 e. The standard InChI is InChI=1S/C25H30N2O2/c1-18-5-4-6-19(15-18)16-26-24(28)21-9-11-22(12-10-21)25(29)27-14-13-20-7-2-3-8-23(20)17-27/h2-8,15,21-22H,9-14,16-17H2,1H3,(H,26,28). The molecule has 152 valence electrons. The highest BCUT2D eigenvalue weighted by atomic mass is 16.2. The summed E-state index contributed by atoms with van der Waals surface area (Å²) in [5.74, 6) is 0.509. The van der Waals surface area contributed by atoms with Crippen molar-refractivity contribution in [2.24, 2.45) is 11.8 Å². The quantitative estimate of drug-likeness (QED) is 0.858. The van der Waals surface area contributed by atoms with Crippen LogP contribution in [0.15, 0.2) is 48.5 Å². The van der Waals surface area contributed by atoms with Gasteiger partial charge in [0.25, 0.3) is 0 Å². The molecule has 1 N–H and O–H groups in total. The van der Waals surface area contributed by atoms with E-state index in [1.807, 2.05) is 23.1 Å². The Labute approximate surface area is 173 Å². The van der Waals surface area contributed by atoms with Gasteiger partial charge in [0.2, 0.25) is 11.8 Å². The molecular weight excluding hydrogens is 360 g/mol. The molecule has 0 unspecified atom stereocenters. The fourth-order valence-corrected chi connectivity index (χ4v) is 4.70. The monoisotopic (exact) mass is 390 g/mol. The van der Waals surface area contributed by atoms with E-state index in [4.69, 9.17) is 0 Å². The number of amides is 2. The van der Waals surface area contributed by atoms with E-state index in [9.17, 15) is 9.59 Å². The van der Waals surface area contributed by atoms with Crippen LogP contribution in [-0.2, 0) is 29.1 Å². The molecule has 0 radical (unpaired) electrons. The maximum Gasteiger partial charge on any atom is 0.225 e. The zero-order chi connectivity index (χ0) is 20.2. The predicted molar refractivity (Wildman–Crippen MR) is 114 cm³/mol. The minimum atomic E-state index is 0.0333. The predicted octanol–water partition coefficient (Wildman–Crippen LogP) is 4.00. The Bertz CT molecular complexity index is 884. The average Bonchev–Trinajstić information content (AvgIpc) is 2.77. The zero-order valence-corrected chi connectivity index (χ0v) is 17.2. The van der Waals surface area contributed by atoms with Gasteiger partial charge in [-0.05, 0) is 55.7 Å². The van der Waals surface area contributed by atoms with E-state index < -0.39 is 0 Å². The van der Waals surface area contributed by atoms with Crippen molar-refractivity contribution in [3.8, 4) is 0 Å². The highest BCUT2D eigenvalue weighted by Gasteiger charge is 2.33. The number of fused-ring (bicyclic) bond motifs is 1. The van der Waals surface area contributed by atoms with Crippen molar-refractivity contribution in [3.05, 3.63) is 70.8 Å². The van der Waals surface area contributed by atoms with Crippen molar-refractivity contribution >= 4 is 11.8 Å². The Kier molecular flexibility index (Phi) is 5.98. The topological polar surface area (TPSA) is 49.4 Å². The first kappa shape index (κ1) is 19.7. The van der Waals surface area contributed by atoms with Gasteiger partial charge in [-0.3, -0.25) is 9.59 Å². The van der Waals surface area contributed by atoms with Crippen LogP contribution in [-0.4, -0.2) is 23.3 Å². The van der Waals surface area contributed by atoms with Gasteiger partial charge in [0, 0.05) is 31.5 Å². The number of nitrogens with zero attached hydrogens (tertiary/aromatic N) is 1. The summed E-state index contributed by atoms with van der Waals surface area (Å²) in [6.45, 7) is 4.18. The van der Waals surface area contributed by atoms with Crippen molar-refractivity contribution in [1.82, 2.24) is 10.2 Å². The van der Waals surface area contributed by atoms with Crippen LogP contribution in [0, 0.1) is 18.8 Å². The molecule has 4 rings (SSSR count). The maximum atomic E-state index is 13.0. The van der Waals surface area contributed by atoms with Crippen molar-refractivity contribution in [3.63, 3.8) is 0 Å². The lowest BCUT2D eigenvalue weighted by Gasteiger charge is -2.34. The Morgan fingerprint density at radius 2 is 1.69 bits per heavy atom. The van der Waals surface area contributed by atoms with Crippen molar-refractivity contribution in [2.45, 2.75) is 52.1 Å². The van der Waals surface area contributed by atoms with Crippen molar-refractivity contribution in [1.29, 1.82) is 0 Å². The lowest BCUT2D eigenvalue weighted by Crippen LogP contribution is -2.42. The number of rotatable bonds is 4. The smallest absolute Gasteiger partial charge is 0.225 e. The van der Waals surface area contributed by atoms with Crippen LogP contribution >= 0.6 is 0 Å². The van der Waals surface area contributed by atoms with Gasteiger partial charge in [-0.25, -0.2) is 0 Å². The number of nitrogens with one attached hydrogen (secondary N) is 1. The summed E-state index contributed by atoms with van der Waals surface area (Å²) < 4.78 is 0. The molecule has 0 spiro atoms. The SMILES string of the molecule is Cc1cccc(CNC(=O)C2CCC(C(=O)N3CCc4ccccc4C3)CC2)c1. The van der Waals surface area contributed by atoms with Crippen LogP contribution in [0.2, 0.25) is 0 Å². The van der Waals surface area contributed by atoms with E-state index in [0.717, 1.165) is 50.8 Å². The van der Waals surface area contributed by atoms with Crippen LogP contribution in [0.4, 0.5) is 0 Å². The molecule has 4 nitrogen and oxygen atoms in total. The molecule has 1 aliphatic heterocycles. The van der Waals surface area contributed by atoms with Gasteiger partial charge >= 0.3 is 0 Å². The molecular formula is C25H30N2O2. The van der Waals surface area contributed by atoms with Gasteiger partial charge in [-0.2, -0.15) is 0 Å². The van der Waals surface area contributed by atoms with E-state index in [1.165, 1.54) is 16.7 Å². The van der Waals surface area contributed by atoms with Crippen LogP contribution in [0.5, 0.6) is 0 Å². The van der Waals surface area contributed by atoms with E-state index in [1.54, 1.807) is 0 Å². The number of hydrogen-bond donors (Lipinski definition) is 1. The second kappa shape index (κ2) is 8.81. The Balaban J connectivity index is 1.26. The summed E-state index contributed by atoms with van der Waals surface area (Å²) in [4.78, 5) is 27.6. The minimum absolute atomic E-state index is 0.0333. The van der Waals surface area contributed by atoms with Crippen LogP contribution < -0.4 is 5.32 Å². The molecule has 1 aliphatic carbocycles. The highest BCUT2D eigenvalue weighted by molar-refractivity contribution is 5.81. The van der Waals surface area contributed by atoms with Gasteiger partial charge in [0.15, 0.2) is 0 Å². The van der Waals surface area contributed by atoms with Crippen LogP contribution in [0.3, 0.4) is 0 Å². The van der Waals surface area contributed by atoms with Crippen LogP contribution in [0.1, 0.15) is 47.9 Å². The summed E-state index contributed by atoms with van der Waals surface area (Å²) in [5, 5.41) is 3.08. The van der Waals surface area contributed by atoms with Crippen LogP contribution in [0.25, 0.3) is 0 Å². The summed E-state index contributed by atoms with van der Waals surface area (Å²) in [6.07, 6.45) is 4.19. The van der Waals surface area contributed by atoms with E-state index in [0.29, 0.717) is 6.54 Å². The maximum absolute atomic E-state index is 13.0. The second-order valence-corrected chi connectivity index (χ2v) is 8.53. The molecule has 0 bridgehead atoms. The Morgan fingerprint density at radius 1 is 0.966 bits per heavy atom. The molecule has 4 heteroatoms. The third-order valence-electron chi connectivity index (χ3n) is 6.44. The fraction of sp³-hybridized carbons (Fsp3) is 0.440.